The Morgan fingerprint density at radius 2 is 1.86 bits per heavy atom. The molecule has 0 radical (unpaired) electrons. The van der Waals surface area contributed by atoms with Gasteiger partial charge in [-0.3, -0.25) is 0 Å². The predicted molar refractivity (Wildman–Crippen MR) is 88.4 cm³/mol. The number of thiocarbonyl (C=S) groups is 1. The minimum absolute atomic E-state index is 0.0474. The topological polar surface area (TPSA) is 38.0 Å². The van der Waals surface area contributed by atoms with Crippen molar-refractivity contribution < 1.29 is 8.78 Å². The third-order valence-corrected chi connectivity index (χ3v) is 3.94. The summed E-state index contributed by atoms with van der Waals surface area (Å²) >= 11 is 6.67. The molecule has 0 aromatic heterocycles. The molecule has 3 N–H and O–H groups in total. The number of halogens is 2. The lowest BCUT2D eigenvalue weighted by Gasteiger charge is -2.15. The van der Waals surface area contributed by atoms with Crippen LogP contribution in [-0.2, 0) is 0 Å². The fraction of sp³-hybridized carbons (Fsp3) is 0.133. The van der Waals surface area contributed by atoms with E-state index in [0.29, 0.717) is 11.3 Å². The van der Waals surface area contributed by atoms with Crippen LogP contribution in [0.1, 0.15) is 12.5 Å². The van der Waals surface area contributed by atoms with Crippen molar-refractivity contribution in [1.29, 1.82) is 0 Å². The zero-order valence-corrected chi connectivity index (χ0v) is 13.0. The summed E-state index contributed by atoms with van der Waals surface area (Å²) in [6.07, 6.45) is 0. The Morgan fingerprint density at radius 1 is 1.19 bits per heavy atom. The Balaban J connectivity index is 2.46. The Hall–Kier alpha value is -1.66. The van der Waals surface area contributed by atoms with E-state index < -0.39 is 11.6 Å². The number of nitrogens with two attached hydrogens (primary N) is 1. The molecule has 6 heteroatoms. The summed E-state index contributed by atoms with van der Waals surface area (Å²) in [4.78, 5) is 1.12. The van der Waals surface area contributed by atoms with Gasteiger partial charge in [0.25, 0.3) is 0 Å². The van der Waals surface area contributed by atoms with Gasteiger partial charge in [0.05, 0.1) is 5.69 Å². The minimum atomic E-state index is -0.931. The standard InChI is InChI=1S/C15H14F2N2S2/c1-2-21-12-8-4-6-10(13(12)15(18)20)19-11-7-3-5-9(16)14(11)17/h3-8,19H,2H2,1H3,(H2,18,20). The molecular formula is C15H14F2N2S2. The summed E-state index contributed by atoms with van der Waals surface area (Å²) in [5, 5.41) is 2.87. The molecule has 110 valence electrons. The van der Waals surface area contributed by atoms with Crippen molar-refractivity contribution in [3.05, 3.63) is 53.6 Å². The third-order valence-electron chi connectivity index (χ3n) is 2.79. The van der Waals surface area contributed by atoms with Crippen molar-refractivity contribution in [3.8, 4) is 0 Å². The van der Waals surface area contributed by atoms with E-state index in [2.05, 4.69) is 5.32 Å². The van der Waals surface area contributed by atoms with Gasteiger partial charge in [-0.2, -0.15) is 0 Å². The molecule has 2 nitrogen and oxygen atoms in total. The summed E-state index contributed by atoms with van der Waals surface area (Å²) in [6.45, 7) is 2.01. The molecule has 0 aliphatic heterocycles. The number of nitrogens with one attached hydrogen (secondary N) is 1. The van der Waals surface area contributed by atoms with E-state index in [1.54, 1.807) is 17.8 Å². The van der Waals surface area contributed by atoms with Gasteiger partial charge in [0.1, 0.15) is 4.99 Å². The highest BCUT2D eigenvalue weighted by Gasteiger charge is 2.14. The molecule has 2 aromatic rings. The van der Waals surface area contributed by atoms with Crippen LogP contribution in [0.3, 0.4) is 0 Å². The molecule has 0 atom stereocenters. The molecule has 2 rings (SSSR count). The zero-order valence-electron chi connectivity index (χ0n) is 11.3. The molecule has 0 amide bonds. The second-order valence-corrected chi connectivity index (χ2v) is 5.95. The van der Waals surface area contributed by atoms with Crippen LogP contribution in [0.2, 0.25) is 0 Å². The first-order valence-electron chi connectivity index (χ1n) is 6.31. The average molecular weight is 324 g/mol. The fourth-order valence-corrected chi connectivity index (χ4v) is 3.05. The Kier molecular flexibility index (Phi) is 5.14. The smallest absolute Gasteiger partial charge is 0.182 e. The molecule has 0 fully saturated rings. The first-order valence-corrected chi connectivity index (χ1v) is 7.70. The maximum absolute atomic E-state index is 13.8. The molecule has 2 aromatic carbocycles. The van der Waals surface area contributed by atoms with Gasteiger partial charge in [-0.15, -0.1) is 11.8 Å². The van der Waals surface area contributed by atoms with Crippen LogP contribution in [0.25, 0.3) is 0 Å². The van der Waals surface area contributed by atoms with Gasteiger partial charge >= 0.3 is 0 Å². The van der Waals surface area contributed by atoms with E-state index in [1.165, 1.54) is 12.1 Å². The van der Waals surface area contributed by atoms with Crippen molar-refractivity contribution in [3.63, 3.8) is 0 Å². The maximum atomic E-state index is 13.8. The van der Waals surface area contributed by atoms with Crippen molar-refractivity contribution in [2.24, 2.45) is 5.73 Å². The molecule has 0 unspecified atom stereocenters. The summed E-state index contributed by atoms with van der Waals surface area (Å²) in [6, 6.07) is 9.42. The van der Waals surface area contributed by atoms with Crippen LogP contribution in [0.5, 0.6) is 0 Å². The van der Waals surface area contributed by atoms with Crippen LogP contribution in [0, 0.1) is 11.6 Å². The van der Waals surface area contributed by atoms with Crippen molar-refractivity contribution in [1.82, 2.24) is 0 Å². The van der Waals surface area contributed by atoms with Gasteiger partial charge in [-0.25, -0.2) is 8.78 Å². The van der Waals surface area contributed by atoms with Gasteiger partial charge in [0.2, 0.25) is 0 Å². The molecule has 0 bridgehead atoms. The number of rotatable bonds is 5. The van der Waals surface area contributed by atoms with Gasteiger partial charge in [0.15, 0.2) is 11.6 Å². The van der Waals surface area contributed by atoms with Crippen molar-refractivity contribution in [2.75, 3.05) is 11.1 Å². The Morgan fingerprint density at radius 3 is 2.52 bits per heavy atom. The number of thioether (sulfide) groups is 1. The first-order chi connectivity index (χ1) is 10.0. The lowest BCUT2D eigenvalue weighted by molar-refractivity contribution is 0.512. The van der Waals surface area contributed by atoms with E-state index in [9.17, 15) is 8.78 Å². The van der Waals surface area contributed by atoms with Gasteiger partial charge < -0.3 is 11.1 Å². The molecular weight excluding hydrogens is 310 g/mol. The second-order valence-electron chi connectivity index (χ2n) is 4.20. The van der Waals surface area contributed by atoms with Crippen LogP contribution in [-0.4, -0.2) is 10.7 Å². The molecule has 0 heterocycles. The Labute approximate surface area is 131 Å². The highest BCUT2D eigenvalue weighted by Crippen LogP contribution is 2.31. The maximum Gasteiger partial charge on any atom is 0.182 e. The molecule has 0 aliphatic carbocycles. The minimum Gasteiger partial charge on any atom is -0.389 e. The number of hydrogen-bond acceptors (Lipinski definition) is 3. The van der Waals surface area contributed by atoms with E-state index in [1.807, 2.05) is 19.1 Å². The molecule has 0 aliphatic rings. The molecule has 0 saturated carbocycles. The highest BCUT2D eigenvalue weighted by atomic mass is 32.2. The van der Waals surface area contributed by atoms with E-state index >= 15 is 0 Å². The van der Waals surface area contributed by atoms with Gasteiger partial charge in [0, 0.05) is 16.1 Å². The summed E-state index contributed by atoms with van der Waals surface area (Å²) in [5.41, 5.74) is 7.03. The quantitative estimate of drug-likeness (QED) is 0.629. The van der Waals surface area contributed by atoms with Crippen LogP contribution < -0.4 is 11.1 Å². The molecule has 21 heavy (non-hydrogen) atoms. The molecule has 0 saturated heterocycles. The first kappa shape index (κ1) is 15.7. The SMILES string of the molecule is CCSc1cccc(Nc2cccc(F)c2F)c1C(N)=S. The zero-order chi connectivity index (χ0) is 15.4. The van der Waals surface area contributed by atoms with Crippen LogP contribution in [0.15, 0.2) is 41.3 Å². The number of anilines is 2. The Bertz CT molecular complexity index is 675. The van der Waals surface area contributed by atoms with E-state index in [-0.39, 0.29) is 10.7 Å². The monoisotopic (exact) mass is 324 g/mol. The largest absolute Gasteiger partial charge is 0.389 e. The van der Waals surface area contributed by atoms with E-state index in [0.717, 1.165) is 16.7 Å². The third kappa shape index (κ3) is 3.51. The summed E-state index contributed by atoms with van der Waals surface area (Å²) in [7, 11) is 0. The molecule has 0 spiro atoms. The summed E-state index contributed by atoms with van der Waals surface area (Å²) < 4.78 is 27.0. The highest BCUT2D eigenvalue weighted by molar-refractivity contribution is 7.99. The summed E-state index contributed by atoms with van der Waals surface area (Å²) in [5.74, 6) is -0.983. The predicted octanol–water partition coefficient (Wildman–Crippen LogP) is 4.45. The number of benzene rings is 2. The lowest BCUT2D eigenvalue weighted by atomic mass is 10.1. The second kappa shape index (κ2) is 6.87. The number of hydrogen-bond donors (Lipinski definition) is 2. The van der Waals surface area contributed by atoms with E-state index in [4.69, 9.17) is 18.0 Å². The average Bonchev–Trinajstić information content (AvgIpc) is 2.44. The normalized spacial score (nSPS) is 10.4. The van der Waals surface area contributed by atoms with Gasteiger partial charge in [-0.05, 0) is 30.0 Å². The van der Waals surface area contributed by atoms with Crippen LogP contribution in [0.4, 0.5) is 20.2 Å². The van der Waals surface area contributed by atoms with Gasteiger partial charge in [-0.1, -0.05) is 31.3 Å². The fourth-order valence-electron chi connectivity index (χ4n) is 1.91. The lowest BCUT2D eigenvalue weighted by Crippen LogP contribution is -2.13. The van der Waals surface area contributed by atoms with Crippen molar-refractivity contribution in [2.45, 2.75) is 11.8 Å². The van der Waals surface area contributed by atoms with Crippen LogP contribution >= 0.6 is 24.0 Å². The van der Waals surface area contributed by atoms with Crippen molar-refractivity contribution >= 4 is 40.3 Å².